The zero-order chi connectivity index (χ0) is 15.4. The SMILES string of the molecule is CCC(C)(C)C(C)C(C)(CC)C(=O)Oc1ccccc1. The molecule has 2 unspecified atom stereocenters. The Bertz CT molecular complexity index is 436. The van der Waals surface area contributed by atoms with E-state index in [1.54, 1.807) is 0 Å². The van der Waals surface area contributed by atoms with Gasteiger partial charge in [-0.25, -0.2) is 0 Å². The lowest BCUT2D eigenvalue weighted by atomic mass is 9.63. The summed E-state index contributed by atoms with van der Waals surface area (Å²) in [6.07, 6.45) is 1.83. The van der Waals surface area contributed by atoms with Crippen LogP contribution in [0, 0.1) is 16.7 Å². The highest BCUT2D eigenvalue weighted by Crippen LogP contribution is 2.45. The third kappa shape index (κ3) is 3.41. The molecule has 0 fully saturated rings. The molecule has 20 heavy (non-hydrogen) atoms. The largest absolute Gasteiger partial charge is 0.426 e. The van der Waals surface area contributed by atoms with E-state index in [-0.39, 0.29) is 17.3 Å². The van der Waals surface area contributed by atoms with Crippen LogP contribution in [-0.2, 0) is 4.79 Å². The number of esters is 1. The van der Waals surface area contributed by atoms with Crippen molar-refractivity contribution in [2.24, 2.45) is 16.7 Å². The number of rotatable bonds is 6. The van der Waals surface area contributed by atoms with Gasteiger partial charge in [0.25, 0.3) is 0 Å². The first-order valence-electron chi connectivity index (χ1n) is 7.55. The first-order chi connectivity index (χ1) is 9.28. The number of carbonyl (C=O) groups excluding carboxylic acids is 1. The van der Waals surface area contributed by atoms with Gasteiger partial charge in [0.15, 0.2) is 0 Å². The molecule has 0 N–H and O–H groups in total. The second-order valence-corrected chi connectivity index (χ2v) is 6.54. The molecule has 0 heterocycles. The number of benzene rings is 1. The molecule has 0 bridgehead atoms. The van der Waals surface area contributed by atoms with Gasteiger partial charge >= 0.3 is 5.97 Å². The van der Waals surface area contributed by atoms with Crippen molar-refractivity contribution in [1.29, 1.82) is 0 Å². The quantitative estimate of drug-likeness (QED) is 0.535. The van der Waals surface area contributed by atoms with Gasteiger partial charge in [-0.2, -0.15) is 0 Å². The maximum atomic E-state index is 12.6. The molecule has 2 atom stereocenters. The molecule has 0 saturated heterocycles. The van der Waals surface area contributed by atoms with Crippen molar-refractivity contribution in [3.05, 3.63) is 30.3 Å². The molecule has 0 radical (unpaired) electrons. The summed E-state index contributed by atoms with van der Waals surface area (Å²) in [6, 6.07) is 9.32. The molecule has 0 aromatic heterocycles. The molecular weight excluding hydrogens is 248 g/mol. The first-order valence-corrected chi connectivity index (χ1v) is 7.55. The Balaban J connectivity index is 2.96. The zero-order valence-corrected chi connectivity index (χ0v) is 13.7. The van der Waals surface area contributed by atoms with Crippen molar-refractivity contribution in [2.45, 2.75) is 54.4 Å². The van der Waals surface area contributed by atoms with Gasteiger partial charge in [-0.05, 0) is 36.8 Å². The van der Waals surface area contributed by atoms with E-state index in [2.05, 4.69) is 34.6 Å². The van der Waals surface area contributed by atoms with Gasteiger partial charge in [-0.3, -0.25) is 4.79 Å². The zero-order valence-electron chi connectivity index (χ0n) is 13.7. The molecule has 0 aliphatic rings. The van der Waals surface area contributed by atoms with E-state index in [0.717, 1.165) is 12.8 Å². The highest BCUT2D eigenvalue weighted by molar-refractivity contribution is 5.79. The standard InChI is InChI=1S/C18H28O2/c1-7-17(4,5)14(3)18(6,8-2)16(19)20-15-12-10-9-11-13-15/h9-14H,7-8H2,1-6H3. The Kier molecular flexibility index (Phi) is 5.38. The summed E-state index contributed by atoms with van der Waals surface area (Å²) in [6.45, 7) is 12.9. The average Bonchev–Trinajstić information content (AvgIpc) is 2.46. The van der Waals surface area contributed by atoms with Crippen LogP contribution >= 0.6 is 0 Å². The first kappa shape index (κ1) is 16.7. The Morgan fingerprint density at radius 2 is 1.65 bits per heavy atom. The van der Waals surface area contributed by atoms with E-state index < -0.39 is 5.41 Å². The number of para-hydroxylation sites is 1. The molecule has 2 heteroatoms. The predicted octanol–water partition coefficient (Wildman–Crippen LogP) is 5.08. The lowest BCUT2D eigenvalue weighted by Gasteiger charge is -2.42. The van der Waals surface area contributed by atoms with Crippen LogP contribution in [0.4, 0.5) is 0 Å². The summed E-state index contributed by atoms with van der Waals surface area (Å²) < 4.78 is 5.59. The summed E-state index contributed by atoms with van der Waals surface area (Å²) in [7, 11) is 0. The third-order valence-corrected chi connectivity index (χ3v) is 5.19. The van der Waals surface area contributed by atoms with Crippen LogP contribution in [0.3, 0.4) is 0 Å². The van der Waals surface area contributed by atoms with Crippen LogP contribution in [-0.4, -0.2) is 5.97 Å². The second kappa shape index (κ2) is 6.43. The molecule has 1 aromatic rings. The van der Waals surface area contributed by atoms with Crippen molar-refractivity contribution < 1.29 is 9.53 Å². The maximum absolute atomic E-state index is 12.6. The molecule has 0 aliphatic heterocycles. The van der Waals surface area contributed by atoms with Gasteiger partial charge < -0.3 is 4.74 Å². The number of ether oxygens (including phenoxy) is 1. The number of carbonyl (C=O) groups is 1. The van der Waals surface area contributed by atoms with Crippen molar-refractivity contribution in [3.8, 4) is 5.75 Å². The van der Waals surface area contributed by atoms with Crippen molar-refractivity contribution in [3.63, 3.8) is 0 Å². The van der Waals surface area contributed by atoms with Crippen LogP contribution in [0.15, 0.2) is 30.3 Å². The van der Waals surface area contributed by atoms with Crippen LogP contribution in [0.25, 0.3) is 0 Å². The normalized spacial score (nSPS) is 16.3. The highest BCUT2D eigenvalue weighted by Gasteiger charge is 2.45. The topological polar surface area (TPSA) is 26.3 Å². The van der Waals surface area contributed by atoms with Gasteiger partial charge in [-0.1, -0.05) is 59.2 Å². The Hall–Kier alpha value is -1.31. The fourth-order valence-corrected chi connectivity index (χ4v) is 2.51. The predicted molar refractivity (Wildman–Crippen MR) is 83.7 cm³/mol. The van der Waals surface area contributed by atoms with Gasteiger partial charge in [0.2, 0.25) is 0 Å². The van der Waals surface area contributed by atoms with Gasteiger partial charge in [0.05, 0.1) is 5.41 Å². The fourth-order valence-electron chi connectivity index (χ4n) is 2.51. The van der Waals surface area contributed by atoms with E-state index in [9.17, 15) is 4.79 Å². The lowest BCUT2D eigenvalue weighted by Crippen LogP contribution is -2.43. The van der Waals surface area contributed by atoms with Crippen LogP contribution in [0.1, 0.15) is 54.4 Å². The average molecular weight is 276 g/mol. The van der Waals surface area contributed by atoms with Crippen LogP contribution < -0.4 is 4.74 Å². The minimum atomic E-state index is -0.463. The maximum Gasteiger partial charge on any atom is 0.317 e. The fraction of sp³-hybridized carbons (Fsp3) is 0.611. The summed E-state index contributed by atoms with van der Waals surface area (Å²) in [5.74, 6) is 0.750. The molecule has 112 valence electrons. The van der Waals surface area contributed by atoms with Crippen molar-refractivity contribution in [1.82, 2.24) is 0 Å². The Labute approximate surface area is 123 Å². The summed E-state index contributed by atoms with van der Waals surface area (Å²) in [4.78, 5) is 12.6. The second-order valence-electron chi connectivity index (χ2n) is 6.54. The van der Waals surface area contributed by atoms with Gasteiger partial charge in [-0.15, -0.1) is 0 Å². The lowest BCUT2D eigenvalue weighted by molar-refractivity contribution is -0.151. The summed E-state index contributed by atoms with van der Waals surface area (Å²) in [5.41, 5.74) is -0.351. The van der Waals surface area contributed by atoms with Gasteiger partial charge in [0, 0.05) is 0 Å². The number of hydrogen-bond acceptors (Lipinski definition) is 2. The summed E-state index contributed by atoms with van der Waals surface area (Å²) in [5, 5.41) is 0. The monoisotopic (exact) mass is 276 g/mol. The van der Waals surface area contributed by atoms with E-state index >= 15 is 0 Å². The Morgan fingerprint density at radius 1 is 1.10 bits per heavy atom. The minimum absolute atomic E-state index is 0.112. The molecule has 0 aliphatic carbocycles. The molecule has 1 rings (SSSR count). The molecule has 0 amide bonds. The Morgan fingerprint density at radius 3 is 2.10 bits per heavy atom. The van der Waals surface area contributed by atoms with Crippen molar-refractivity contribution >= 4 is 5.97 Å². The van der Waals surface area contributed by atoms with E-state index in [4.69, 9.17) is 4.74 Å². The molecular formula is C18H28O2. The minimum Gasteiger partial charge on any atom is -0.426 e. The molecule has 1 aromatic carbocycles. The molecule has 2 nitrogen and oxygen atoms in total. The molecule has 0 saturated carbocycles. The summed E-state index contributed by atoms with van der Waals surface area (Å²) >= 11 is 0. The smallest absolute Gasteiger partial charge is 0.317 e. The van der Waals surface area contributed by atoms with Crippen LogP contribution in [0.5, 0.6) is 5.75 Å². The number of hydrogen-bond donors (Lipinski definition) is 0. The van der Waals surface area contributed by atoms with Gasteiger partial charge in [0.1, 0.15) is 5.75 Å². The third-order valence-electron chi connectivity index (χ3n) is 5.19. The van der Waals surface area contributed by atoms with E-state index in [1.807, 2.05) is 37.3 Å². The molecule has 0 spiro atoms. The van der Waals surface area contributed by atoms with Crippen molar-refractivity contribution in [2.75, 3.05) is 0 Å². The van der Waals surface area contributed by atoms with E-state index in [1.165, 1.54) is 0 Å². The van der Waals surface area contributed by atoms with Crippen LogP contribution in [0.2, 0.25) is 0 Å². The highest BCUT2D eigenvalue weighted by atomic mass is 16.5. The van der Waals surface area contributed by atoms with E-state index in [0.29, 0.717) is 5.75 Å².